The molecule has 23 heavy (non-hydrogen) atoms. The molecule has 2 aromatic carbocycles. The number of rotatable bonds is 6. The maximum absolute atomic E-state index is 10.3. The standard InChI is InChI=1S/C19H23N3O/c1-21(2)18-6-4-5-16(11-18)13-22(3)14-19(23)17-9-7-15(12-20)8-10-17/h4-11,19,23H,13-14H2,1-3H3. The van der Waals surface area contributed by atoms with Gasteiger partial charge in [-0.05, 0) is 42.4 Å². The fraction of sp³-hybridized carbons (Fsp3) is 0.316. The van der Waals surface area contributed by atoms with Gasteiger partial charge in [0.15, 0.2) is 0 Å². The van der Waals surface area contributed by atoms with Gasteiger partial charge in [0.1, 0.15) is 0 Å². The third kappa shape index (κ3) is 4.82. The zero-order valence-electron chi connectivity index (χ0n) is 13.9. The maximum Gasteiger partial charge on any atom is 0.0991 e. The molecule has 2 aromatic rings. The highest BCUT2D eigenvalue weighted by Crippen LogP contribution is 2.18. The van der Waals surface area contributed by atoms with Crippen LogP contribution in [0.2, 0.25) is 0 Å². The smallest absolute Gasteiger partial charge is 0.0991 e. The first-order chi connectivity index (χ1) is 11.0. The van der Waals surface area contributed by atoms with Crippen molar-refractivity contribution in [1.29, 1.82) is 5.26 Å². The quantitative estimate of drug-likeness (QED) is 0.891. The fourth-order valence-electron chi connectivity index (χ4n) is 2.49. The topological polar surface area (TPSA) is 50.5 Å². The number of hydrogen-bond acceptors (Lipinski definition) is 4. The molecule has 4 nitrogen and oxygen atoms in total. The summed E-state index contributed by atoms with van der Waals surface area (Å²) < 4.78 is 0. The predicted molar refractivity (Wildman–Crippen MR) is 93.2 cm³/mol. The first-order valence-corrected chi connectivity index (χ1v) is 7.62. The zero-order valence-corrected chi connectivity index (χ0v) is 13.9. The Morgan fingerprint density at radius 3 is 2.39 bits per heavy atom. The number of benzene rings is 2. The fourth-order valence-corrected chi connectivity index (χ4v) is 2.49. The normalized spacial score (nSPS) is 12.0. The average molecular weight is 309 g/mol. The lowest BCUT2D eigenvalue weighted by Crippen LogP contribution is -2.24. The van der Waals surface area contributed by atoms with Gasteiger partial charge in [0.25, 0.3) is 0 Å². The highest BCUT2D eigenvalue weighted by atomic mass is 16.3. The summed E-state index contributed by atoms with van der Waals surface area (Å²) in [5, 5.41) is 19.2. The van der Waals surface area contributed by atoms with Crippen molar-refractivity contribution in [1.82, 2.24) is 4.90 Å². The summed E-state index contributed by atoms with van der Waals surface area (Å²) in [6, 6.07) is 17.6. The van der Waals surface area contributed by atoms with Gasteiger partial charge in [-0.3, -0.25) is 4.90 Å². The summed E-state index contributed by atoms with van der Waals surface area (Å²) >= 11 is 0. The van der Waals surface area contributed by atoms with E-state index >= 15 is 0 Å². The van der Waals surface area contributed by atoms with Crippen molar-refractivity contribution >= 4 is 5.69 Å². The van der Waals surface area contributed by atoms with Gasteiger partial charge in [-0.2, -0.15) is 5.26 Å². The Labute approximate surface area is 138 Å². The van der Waals surface area contributed by atoms with Crippen LogP contribution in [0.15, 0.2) is 48.5 Å². The third-order valence-corrected chi connectivity index (χ3v) is 3.79. The van der Waals surface area contributed by atoms with Gasteiger partial charge < -0.3 is 10.0 Å². The van der Waals surface area contributed by atoms with Gasteiger partial charge in [0.05, 0.1) is 17.7 Å². The van der Waals surface area contributed by atoms with E-state index in [1.165, 1.54) is 11.3 Å². The Bertz CT molecular complexity index is 674. The molecule has 0 aliphatic carbocycles. The molecule has 4 heteroatoms. The summed E-state index contributed by atoms with van der Waals surface area (Å²) in [5.74, 6) is 0. The van der Waals surface area contributed by atoms with Crippen LogP contribution in [0.3, 0.4) is 0 Å². The van der Waals surface area contributed by atoms with Crippen molar-refractivity contribution in [3.05, 3.63) is 65.2 Å². The minimum absolute atomic E-state index is 0.540. The molecule has 0 amide bonds. The highest BCUT2D eigenvalue weighted by Gasteiger charge is 2.11. The van der Waals surface area contributed by atoms with E-state index < -0.39 is 6.10 Å². The largest absolute Gasteiger partial charge is 0.387 e. The number of aliphatic hydroxyl groups is 1. The molecule has 0 spiro atoms. The van der Waals surface area contributed by atoms with E-state index in [9.17, 15) is 5.11 Å². The van der Waals surface area contributed by atoms with E-state index in [0.29, 0.717) is 12.1 Å². The molecule has 0 aliphatic rings. The molecule has 0 aliphatic heterocycles. The van der Waals surface area contributed by atoms with Gasteiger partial charge >= 0.3 is 0 Å². The van der Waals surface area contributed by atoms with E-state index in [1.54, 1.807) is 12.1 Å². The Morgan fingerprint density at radius 2 is 1.78 bits per heavy atom. The van der Waals surface area contributed by atoms with Gasteiger partial charge in [0, 0.05) is 32.9 Å². The molecule has 0 saturated heterocycles. The molecule has 0 bridgehead atoms. The Morgan fingerprint density at radius 1 is 1.09 bits per heavy atom. The lowest BCUT2D eigenvalue weighted by Gasteiger charge is -2.22. The van der Waals surface area contributed by atoms with Crippen LogP contribution in [0, 0.1) is 11.3 Å². The van der Waals surface area contributed by atoms with Crippen LogP contribution in [0.1, 0.15) is 22.8 Å². The first kappa shape index (κ1) is 17.0. The van der Waals surface area contributed by atoms with Crippen LogP contribution in [0.25, 0.3) is 0 Å². The lowest BCUT2D eigenvalue weighted by molar-refractivity contribution is 0.124. The SMILES string of the molecule is CN(Cc1cccc(N(C)C)c1)CC(O)c1ccc(C#N)cc1. The van der Waals surface area contributed by atoms with E-state index in [1.807, 2.05) is 33.3 Å². The Balaban J connectivity index is 1.97. The molecule has 0 aromatic heterocycles. The molecule has 0 radical (unpaired) electrons. The van der Waals surface area contributed by atoms with Crippen LogP contribution in [-0.4, -0.2) is 37.7 Å². The second kappa shape index (κ2) is 7.77. The summed E-state index contributed by atoms with van der Waals surface area (Å²) in [6.07, 6.45) is -0.565. The summed E-state index contributed by atoms with van der Waals surface area (Å²) in [6.45, 7) is 1.31. The molecule has 0 saturated carbocycles. The number of likely N-dealkylation sites (N-methyl/N-ethyl adjacent to an activating group) is 1. The second-order valence-corrected chi connectivity index (χ2v) is 6.01. The van der Waals surface area contributed by atoms with Gasteiger partial charge in [0.2, 0.25) is 0 Å². The van der Waals surface area contributed by atoms with Crippen LogP contribution in [0.4, 0.5) is 5.69 Å². The van der Waals surface area contributed by atoms with Crippen LogP contribution in [-0.2, 0) is 6.54 Å². The molecular formula is C19H23N3O. The second-order valence-electron chi connectivity index (χ2n) is 6.01. The number of anilines is 1. The molecule has 1 unspecified atom stereocenters. The van der Waals surface area contributed by atoms with Gasteiger partial charge in [-0.1, -0.05) is 24.3 Å². The van der Waals surface area contributed by atoms with E-state index in [2.05, 4.69) is 40.1 Å². The van der Waals surface area contributed by atoms with Crippen molar-refractivity contribution in [2.24, 2.45) is 0 Å². The van der Waals surface area contributed by atoms with Gasteiger partial charge in [-0.25, -0.2) is 0 Å². The number of hydrogen-bond donors (Lipinski definition) is 1. The molecular weight excluding hydrogens is 286 g/mol. The first-order valence-electron chi connectivity index (χ1n) is 7.62. The van der Waals surface area contributed by atoms with Crippen molar-refractivity contribution in [2.45, 2.75) is 12.6 Å². The minimum Gasteiger partial charge on any atom is -0.387 e. The van der Waals surface area contributed by atoms with Crippen molar-refractivity contribution in [3.8, 4) is 6.07 Å². The summed E-state index contributed by atoms with van der Waals surface area (Å²) in [4.78, 5) is 4.17. The number of nitrogens with zero attached hydrogens (tertiary/aromatic N) is 3. The molecule has 2 rings (SSSR count). The van der Waals surface area contributed by atoms with Gasteiger partial charge in [-0.15, -0.1) is 0 Å². The van der Waals surface area contributed by atoms with Crippen molar-refractivity contribution in [2.75, 3.05) is 32.6 Å². The maximum atomic E-state index is 10.3. The highest BCUT2D eigenvalue weighted by molar-refractivity contribution is 5.47. The molecule has 0 fully saturated rings. The predicted octanol–water partition coefficient (Wildman–Crippen LogP) is 2.79. The summed E-state index contributed by atoms with van der Waals surface area (Å²) in [7, 11) is 6.05. The van der Waals surface area contributed by atoms with Crippen molar-refractivity contribution in [3.63, 3.8) is 0 Å². The molecule has 1 atom stereocenters. The van der Waals surface area contributed by atoms with E-state index in [4.69, 9.17) is 5.26 Å². The Kier molecular flexibility index (Phi) is 5.75. The third-order valence-electron chi connectivity index (χ3n) is 3.79. The van der Waals surface area contributed by atoms with Crippen LogP contribution >= 0.6 is 0 Å². The lowest BCUT2D eigenvalue weighted by atomic mass is 10.1. The zero-order chi connectivity index (χ0) is 16.8. The summed E-state index contributed by atoms with van der Waals surface area (Å²) in [5.41, 5.74) is 3.82. The molecule has 0 heterocycles. The minimum atomic E-state index is -0.565. The Hall–Kier alpha value is -2.35. The van der Waals surface area contributed by atoms with E-state index in [0.717, 1.165) is 12.1 Å². The number of aliphatic hydroxyl groups excluding tert-OH is 1. The van der Waals surface area contributed by atoms with E-state index in [-0.39, 0.29) is 0 Å². The number of nitriles is 1. The van der Waals surface area contributed by atoms with Crippen LogP contribution < -0.4 is 4.90 Å². The average Bonchev–Trinajstić information content (AvgIpc) is 2.55. The molecule has 120 valence electrons. The van der Waals surface area contributed by atoms with Crippen molar-refractivity contribution < 1.29 is 5.11 Å². The monoisotopic (exact) mass is 309 g/mol. The van der Waals surface area contributed by atoms with Crippen LogP contribution in [0.5, 0.6) is 0 Å². The molecule has 1 N–H and O–H groups in total.